The van der Waals surface area contributed by atoms with Crippen molar-refractivity contribution in [2.24, 2.45) is 0 Å². The monoisotopic (exact) mass is 235 g/mol. The number of methoxy groups -OCH3 is 1. The Balaban J connectivity index is 2.19. The molecule has 0 amide bonds. The van der Waals surface area contributed by atoms with E-state index in [1.54, 1.807) is 7.11 Å². The van der Waals surface area contributed by atoms with Gasteiger partial charge in [0.05, 0.1) is 12.7 Å². The molecule has 0 spiro atoms. The third-order valence-electron chi connectivity index (χ3n) is 2.85. The normalized spacial score (nSPS) is 28.2. The maximum Gasteiger partial charge on any atom is 0.0837 e. The van der Waals surface area contributed by atoms with Crippen LogP contribution in [-0.2, 0) is 9.47 Å². The average molecular weight is 236 g/mol. The summed E-state index contributed by atoms with van der Waals surface area (Å²) in [4.78, 5) is 2.46. The van der Waals surface area contributed by atoms with Crippen molar-refractivity contribution in [1.29, 1.82) is 0 Å². The van der Waals surface area contributed by atoms with Gasteiger partial charge in [-0.3, -0.25) is 4.90 Å². The first kappa shape index (κ1) is 13.2. The van der Waals surface area contributed by atoms with Crippen LogP contribution in [0, 0.1) is 0 Å². The van der Waals surface area contributed by atoms with Crippen LogP contribution >= 0.6 is 11.6 Å². The van der Waals surface area contributed by atoms with Crippen LogP contribution in [0.15, 0.2) is 0 Å². The number of rotatable bonds is 6. The second-order valence-corrected chi connectivity index (χ2v) is 4.46. The maximum absolute atomic E-state index is 5.81. The van der Waals surface area contributed by atoms with Crippen LogP contribution in [-0.4, -0.2) is 56.3 Å². The minimum atomic E-state index is 0.213. The van der Waals surface area contributed by atoms with Crippen molar-refractivity contribution in [3.63, 3.8) is 0 Å². The summed E-state index contributed by atoms with van der Waals surface area (Å²) < 4.78 is 10.6. The highest BCUT2D eigenvalue weighted by Gasteiger charge is 2.24. The maximum atomic E-state index is 5.81. The van der Waals surface area contributed by atoms with Gasteiger partial charge in [-0.25, -0.2) is 0 Å². The molecule has 0 bridgehead atoms. The van der Waals surface area contributed by atoms with Gasteiger partial charge in [0.25, 0.3) is 0 Å². The molecule has 1 heterocycles. The van der Waals surface area contributed by atoms with E-state index in [-0.39, 0.29) is 6.10 Å². The summed E-state index contributed by atoms with van der Waals surface area (Å²) in [6, 6.07) is 0.520. The summed E-state index contributed by atoms with van der Waals surface area (Å²) in [5.74, 6) is 0.599. The number of halogens is 1. The first-order valence-electron chi connectivity index (χ1n) is 5.68. The molecule has 1 aliphatic rings. The van der Waals surface area contributed by atoms with Crippen molar-refractivity contribution in [3.05, 3.63) is 0 Å². The molecule has 3 nitrogen and oxygen atoms in total. The Morgan fingerprint density at radius 2 is 2.27 bits per heavy atom. The minimum Gasteiger partial charge on any atom is -0.385 e. The van der Waals surface area contributed by atoms with Crippen LogP contribution in [0.3, 0.4) is 0 Å². The number of ether oxygens (including phenoxy) is 2. The van der Waals surface area contributed by atoms with Gasteiger partial charge in [-0.2, -0.15) is 0 Å². The number of hydrogen-bond acceptors (Lipinski definition) is 3. The molecule has 0 aromatic heterocycles. The van der Waals surface area contributed by atoms with Crippen LogP contribution in [0.4, 0.5) is 0 Å². The number of nitrogens with zero attached hydrogens (tertiary/aromatic N) is 1. The predicted molar refractivity (Wildman–Crippen MR) is 62.6 cm³/mol. The van der Waals surface area contributed by atoms with Crippen molar-refractivity contribution in [3.8, 4) is 0 Å². The molecular formula is C11H22ClNO2. The molecule has 2 unspecified atom stereocenters. The molecule has 0 aromatic carbocycles. The Kier molecular flexibility index (Phi) is 6.57. The lowest BCUT2D eigenvalue weighted by atomic mass is 10.2. The first-order valence-corrected chi connectivity index (χ1v) is 6.22. The average Bonchev–Trinajstić information content (AvgIpc) is 2.26. The summed E-state index contributed by atoms with van der Waals surface area (Å²) in [5, 5.41) is 0. The third kappa shape index (κ3) is 4.68. The molecule has 0 aromatic rings. The third-order valence-corrected chi connectivity index (χ3v) is 3.19. The van der Waals surface area contributed by atoms with E-state index in [1.165, 1.54) is 6.42 Å². The molecule has 1 aliphatic heterocycles. The van der Waals surface area contributed by atoms with Gasteiger partial charge >= 0.3 is 0 Å². The van der Waals surface area contributed by atoms with Gasteiger partial charge in [-0.1, -0.05) is 0 Å². The van der Waals surface area contributed by atoms with E-state index in [4.69, 9.17) is 21.1 Å². The summed E-state index contributed by atoms with van der Waals surface area (Å²) in [5.41, 5.74) is 0. The number of morpholine rings is 1. The van der Waals surface area contributed by atoms with E-state index in [0.717, 1.165) is 32.7 Å². The van der Waals surface area contributed by atoms with Crippen molar-refractivity contribution < 1.29 is 9.47 Å². The van der Waals surface area contributed by atoms with Gasteiger partial charge in [-0.15, -0.1) is 11.6 Å². The Morgan fingerprint density at radius 1 is 1.47 bits per heavy atom. The van der Waals surface area contributed by atoms with Gasteiger partial charge in [-0.05, 0) is 26.3 Å². The number of unbranched alkanes of at least 4 members (excludes halogenated alkanes) is 1. The fourth-order valence-electron chi connectivity index (χ4n) is 1.84. The highest BCUT2D eigenvalue weighted by Crippen LogP contribution is 2.13. The van der Waals surface area contributed by atoms with Crippen LogP contribution in [0.2, 0.25) is 0 Å². The van der Waals surface area contributed by atoms with Crippen molar-refractivity contribution in [1.82, 2.24) is 4.90 Å². The molecule has 0 radical (unpaired) electrons. The molecular weight excluding hydrogens is 214 g/mol. The van der Waals surface area contributed by atoms with E-state index in [2.05, 4.69) is 11.8 Å². The topological polar surface area (TPSA) is 21.7 Å². The first-order chi connectivity index (χ1) is 7.27. The molecule has 1 rings (SSSR count). The van der Waals surface area contributed by atoms with Gasteiger partial charge in [0.2, 0.25) is 0 Å². The lowest BCUT2D eigenvalue weighted by molar-refractivity contribution is -0.0483. The van der Waals surface area contributed by atoms with E-state index in [0.29, 0.717) is 11.9 Å². The standard InChI is InChI=1S/C11H22ClNO2/c1-10-9-15-11(7-12)8-13(10)5-3-4-6-14-2/h10-11H,3-9H2,1-2H3. The molecule has 1 fully saturated rings. The van der Waals surface area contributed by atoms with E-state index >= 15 is 0 Å². The Hall–Kier alpha value is 0.170. The zero-order valence-corrected chi connectivity index (χ0v) is 10.5. The number of alkyl halides is 1. The molecule has 1 saturated heterocycles. The smallest absolute Gasteiger partial charge is 0.0837 e. The zero-order chi connectivity index (χ0) is 11.1. The predicted octanol–water partition coefficient (Wildman–Crippen LogP) is 1.74. The van der Waals surface area contributed by atoms with Gasteiger partial charge in [0.1, 0.15) is 0 Å². The lowest BCUT2D eigenvalue weighted by Crippen LogP contribution is -2.49. The Morgan fingerprint density at radius 3 is 2.93 bits per heavy atom. The molecule has 4 heteroatoms. The van der Waals surface area contributed by atoms with Crippen molar-refractivity contribution in [2.45, 2.75) is 31.9 Å². The quantitative estimate of drug-likeness (QED) is 0.517. The summed E-state index contributed by atoms with van der Waals surface area (Å²) in [7, 11) is 1.75. The summed E-state index contributed by atoms with van der Waals surface area (Å²) in [6.45, 7) is 5.97. The van der Waals surface area contributed by atoms with Crippen molar-refractivity contribution in [2.75, 3.05) is 39.3 Å². The van der Waals surface area contributed by atoms with E-state index < -0.39 is 0 Å². The fraction of sp³-hybridized carbons (Fsp3) is 1.00. The van der Waals surface area contributed by atoms with Crippen LogP contribution in [0.1, 0.15) is 19.8 Å². The molecule has 0 N–H and O–H groups in total. The minimum absolute atomic E-state index is 0.213. The van der Waals surface area contributed by atoms with Crippen LogP contribution in [0.5, 0.6) is 0 Å². The van der Waals surface area contributed by atoms with Crippen molar-refractivity contribution >= 4 is 11.6 Å². The number of hydrogen-bond donors (Lipinski definition) is 0. The largest absolute Gasteiger partial charge is 0.385 e. The summed E-state index contributed by atoms with van der Waals surface area (Å²) >= 11 is 5.81. The second kappa shape index (κ2) is 7.44. The van der Waals surface area contributed by atoms with E-state index in [9.17, 15) is 0 Å². The zero-order valence-electron chi connectivity index (χ0n) is 9.75. The molecule has 15 heavy (non-hydrogen) atoms. The fourth-order valence-corrected chi connectivity index (χ4v) is 2.03. The molecule has 0 aliphatic carbocycles. The highest BCUT2D eigenvalue weighted by atomic mass is 35.5. The molecule has 90 valence electrons. The Labute approximate surface area is 97.7 Å². The van der Waals surface area contributed by atoms with Crippen LogP contribution < -0.4 is 0 Å². The highest BCUT2D eigenvalue weighted by molar-refractivity contribution is 6.18. The summed E-state index contributed by atoms with van der Waals surface area (Å²) in [6.07, 6.45) is 2.53. The van der Waals surface area contributed by atoms with Gasteiger partial charge in [0.15, 0.2) is 0 Å². The lowest BCUT2D eigenvalue weighted by Gasteiger charge is -2.37. The molecule has 0 saturated carbocycles. The second-order valence-electron chi connectivity index (χ2n) is 4.15. The van der Waals surface area contributed by atoms with Gasteiger partial charge in [0, 0.05) is 32.2 Å². The van der Waals surface area contributed by atoms with E-state index in [1.807, 2.05) is 0 Å². The Bertz CT molecular complexity index is 169. The molecule has 2 atom stereocenters. The van der Waals surface area contributed by atoms with Gasteiger partial charge < -0.3 is 9.47 Å². The van der Waals surface area contributed by atoms with Crippen LogP contribution in [0.25, 0.3) is 0 Å². The SMILES string of the molecule is COCCCCN1CC(CCl)OCC1C.